The molecule has 1 N–H and O–H groups in total. The first kappa shape index (κ1) is 18.6. The Hall–Kier alpha value is -4.40. The number of nitrogens with zero attached hydrogens (tertiary/aromatic N) is 6. The average molecular weight is 411 g/mol. The largest absolute Gasteiger partial charge is 0.299 e. The molecular weight excluding hydrogens is 394 g/mol. The molecule has 0 fully saturated rings. The van der Waals surface area contributed by atoms with Gasteiger partial charge in [0.15, 0.2) is 11.2 Å². The smallest absolute Gasteiger partial charge is 0.267 e. The molecule has 1 amide bonds. The lowest BCUT2D eigenvalue weighted by Crippen LogP contribution is -2.33. The van der Waals surface area contributed by atoms with Crippen LogP contribution in [0.25, 0.3) is 27.8 Å². The predicted octanol–water partition coefficient (Wildman–Crippen LogP) is 2.45. The average Bonchev–Trinajstić information content (AvgIpc) is 3.21. The zero-order valence-electron chi connectivity index (χ0n) is 16.6. The highest BCUT2D eigenvalue weighted by molar-refractivity contribution is 5.99. The monoisotopic (exact) mass is 411 g/mol. The number of aryl methyl sites for hydroxylation is 1. The second kappa shape index (κ2) is 7.45. The molecule has 0 saturated carbocycles. The molecule has 5 rings (SSSR count). The molecule has 0 aliphatic carbocycles. The molecule has 0 bridgehead atoms. The van der Waals surface area contributed by atoms with Crippen LogP contribution in [0.4, 0.5) is 0 Å². The Morgan fingerprint density at radius 2 is 1.90 bits per heavy atom. The molecule has 152 valence electrons. The number of carbonyl (C=O) groups excluding carboxylic acids is 1. The van der Waals surface area contributed by atoms with Gasteiger partial charge in [0.1, 0.15) is 5.52 Å². The lowest BCUT2D eigenvalue weighted by molar-refractivity contribution is 0.101. The minimum Gasteiger partial charge on any atom is -0.267 e. The Balaban J connectivity index is 1.64. The fourth-order valence-corrected chi connectivity index (χ4v) is 3.50. The molecule has 4 aromatic heterocycles. The number of rotatable bonds is 4. The van der Waals surface area contributed by atoms with Gasteiger partial charge in [0, 0.05) is 18.6 Å². The normalized spacial score (nSPS) is 11.1. The first-order valence-electron chi connectivity index (χ1n) is 9.74. The Morgan fingerprint density at radius 1 is 1.06 bits per heavy atom. The van der Waals surface area contributed by atoms with Gasteiger partial charge in [-0.2, -0.15) is 5.10 Å². The molecule has 1 aromatic carbocycles. The van der Waals surface area contributed by atoms with Crippen molar-refractivity contribution in [3.63, 3.8) is 0 Å². The topological polar surface area (TPSA) is 107 Å². The van der Waals surface area contributed by atoms with Gasteiger partial charge in [-0.1, -0.05) is 37.3 Å². The number of nitrogens with one attached hydrogen (secondary N) is 1. The summed E-state index contributed by atoms with van der Waals surface area (Å²) in [5.74, 6) is -0.456. The highest BCUT2D eigenvalue weighted by atomic mass is 16.2. The Kier molecular flexibility index (Phi) is 4.47. The van der Waals surface area contributed by atoms with Gasteiger partial charge in [0.2, 0.25) is 0 Å². The Bertz CT molecular complexity index is 1470. The van der Waals surface area contributed by atoms with Crippen molar-refractivity contribution in [3.05, 3.63) is 88.7 Å². The highest BCUT2D eigenvalue weighted by Crippen LogP contribution is 2.28. The summed E-state index contributed by atoms with van der Waals surface area (Å²) in [6, 6.07) is 14.8. The van der Waals surface area contributed by atoms with Gasteiger partial charge < -0.3 is 0 Å². The second-order valence-electron chi connectivity index (χ2n) is 6.88. The van der Waals surface area contributed by atoms with Gasteiger partial charge >= 0.3 is 0 Å². The lowest BCUT2D eigenvalue weighted by Gasteiger charge is -2.09. The maximum Gasteiger partial charge on any atom is 0.299 e. The molecule has 0 saturated heterocycles. The fraction of sp³-hybridized carbons (Fsp3) is 0.0909. The summed E-state index contributed by atoms with van der Waals surface area (Å²) >= 11 is 0. The number of hydrogen-bond donors (Lipinski definition) is 1. The van der Waals surface area contributed by atoms with Crippen LogP contribution in [0.2, 0.25) is 0 Å². The summed E-state index contributed by atoms with van der Waals surface area (Å²) in [7, 11) is 0. The SMILES string of the molecule is CCc1nn2c(nnc3c(=O)n(NC(=O)c4cccnc4)ccc32)c1-c1ccccc1. The van der Waals surface area contributed by atoms with Crippen LogP contribution in [-0.2, 0) is 6.42 Å². The van der Waals surface area contributed by atoms with E-state index in [0.29, 0.717) is 23.1 Å². The van der Waals surface area contributed by atoms with Gasteiger partial charge in [-0.25, -0.2) is 9.19 Å². The van der Waals surface area contributed by atoms with Crippen LogP contribution < -0.4 is 11.0 Å². The van der Waals surface area contributed by atoms with Crippen LogP contribution in [-0.4, -0.2) is 35.4 Å². The van der Waals surface area contributed by atoms with Gasteiger partial charge in [-0.05, 0) is 30.2 Å². The molecule has 0 atom stereocenters. The fourth-order valence-electron chi connectivity index (χ4n) is 3.50. The van der Waals surface area contributed by atoms with Crippen LogP contribution >= 0.6 is 0 Å². The van der Waals surface area contributed by atoms with Crippen molar-refractivity contribution < 1.29 is 4.79 Å². The van der Waals surface area contributed by atoms with Crippen LogP contribution in [0.5, 0.6) is 0 Å². The third kappa shape index (κ3) is 3.12. The summed E-state index contributed by atoms with van der Waals surface area (Å²) in [4.78, 5) is 29.3. The minimum absolute atomic E-state index is 0.103. The van der Waals surface area contributed by atoms with E-state index in [1.165, 1.54) is 12.4 Å². The van der Waals surface area contributed by atoms with Crippen molar-refractivity contribution >= 4 is 22.6 Å². The molecule has 9 nitrogen and oxygen atoms in total. The van der Waals surface area contributed by atoms with Crippen LogP contribution in [0, 0.1) is 0 Å². The van der Waals surface area contributed by atoms with E-state index >= 15 is 0 Å². The number of hydrogen-bond acceptors (Lipinski definition) is 6. The molecule has 31 heavy (non-hydrogen) atoms. The quantitative estimate of drug-likeness (QED) is 0.487. The standard InChI is InChI=1S/C22H17N7O2/c1-2-16-18(14-7-4-3-5-8-14)20-25-24-19-17(29(20)26-16)10-12-28(22(19)31)27-21(30)15-9-6-11-23-13-15/h3-13H,2H2,1H3,(H,27,30). The van der Waals surface area contributed by atoms with E-state index in [-0.39, 0.29) is 5.52 Å². The van der Waals surface area contributed by atoms with Crippen molar-refractivity contribution in [1.82, 2.24) is 29.5 Å². The van der Waals surface area contributed by atoms with Crippen molar-refractivity contribution in [2.24, 2.45) is 0 Å². The summed E-state index contributed by atoms with van der Waals surface area (Å²) in [5.41, 5.74) is 6.32. The highest BCUT2D eigenvalue weighted by Gasteiger charge is 2.19. The number of carbonyl (C=O) groups is 1. The van der Waals surface area contributed by atoms with E-state index in [1.54, 1.807) is 28.9 Å². The molecule has 4 heterocycles. The van der Waals surface area contributed by atoms with Crippen molar-refractivity contribution in [1.29, 1.82) is 0 Å². The summed E-state index contributed by atoms with van der Waals surface area (Å²) in [6.45, 7) is 2.02. The van der Waals surface area contributed by atoms with E-state index in [9.17, 15) is 9.59 Å². The molecule has 5 aromatic rings. The third-order valence-electron chi connectivity index (χ3n) is 4.99. The molecule has 0 aliphatic rings. The number of aromatic nitrogens is 6. The minimum atomic E-state index is -0.501. The van der Waals surface area contributed by atoms with Gasteiger partial charge in [0.25, 0.3) is 11.5 Å². The second-order valence-corrected chi connectivity index (χ2v) is 6.88. The van der Waals surface area contributed by atoms with Gasteiger partial charge in [0.05, 0.1) is 16.8 Å². The first-order valence-corrected chi connectivity index (χ1v) is 9.74. The van der Waals surface area contributed by atoms with Crippen LogP contribution in [0.3, 0.4) is 0 Å². The van der Waals surface area contributed by atoms with E-state index < -0.39 is 11.5 Å². The van der Waals surface area contributed by atoms with Crippen molar-refractivity contribution in [2.45, 2.75) is 13.3 Å². The molecule has 9 heteroatoms. The summed E-state index contributed by atoms with van der Waals surface area (Å²) in [5, 5.41) is 13.2. The van der Waals surface area contributed by atoms with E-state index in [4.69, 9.17) is 0 Å². The van der Waals surface area contributed by atoms with E-state index in [0.717, 1.165) is 21.5 Å². The van der Waals surface area contributed by atoms with Crippen LogP contribution in [0.1, 0.15) is 23.0 Å². The number of amides is 1. The van der Waals surface area contributed by atoms with Crippen molar-refractivity contribution in [3.8, 4) is 11.1 Å². The number of benzene rings is 1. The van der Waals surface area contributed by atoms with Crippen LogP contribution in [0.15, 0.2) is 71.9 Å². The number of fused-ring (bicyclic) bond motifs is 3. The molecule has 0 unspecified atom stereocenters. The third-order valence-corrected chi connectivity index (χ3v) is 4.99. The zero-order valence-corrected chi connectivity index (χ0v) is 16.6. The van der Waals surface area contributed by atoms with Crippen molar-refractivity contribution in [2.75, 3.05) is 5.43 Å². The molecule has 0 aliphatic heterocycles. The molecule has 0 spiro atoms. The Morgan fingerprint density at radius 3 is 2.65 bits per heavy atom. The predicted molar refractivity (Wildman–Crippen MR) is 115 cm³/mol. The molecular formula is C22H17N7O2. The summed E-state index contributed by atoms with van der Waals surface area (Å²) in [6.07, 6.45) is 5.17. The zero-order chi connectivity index (χ0) is 21.4. The lowest BCUT2D eigenvalue weighted by atomic mass is 10.0. The maximum atomic E-state index is 13.0. The Labute approximate surface area is 176 Å². The van der Waals surface area contributed by atoms with Gasteiger partial charge in [-0.15, -0.1) is 10.2 Å². The van der Waals surface area contributed by atoms with E-state index in [1.807, 2.05) is 37.3 Å². The first-order chi connectivity index (χ1) is 15.2. The van der Waals surface area contributed by atoms with E-state index in [2.05, 4.69) is 25.7 Å². The maximum absolute atomic E-state index is 13.0. The number of pyridine rings is 2. The molecule has 0 radical (unpaired) electrons. The van der Waals surface area contributed by atoms with Gasteiger partial charge in [-0.3, -0.25) is 20.0 Å². The summed E-state index contributed by atoms with van der Waals surface area (Å²) < 4.78 is 2.72.